The van der Waals surface area contributed by atoms with Crippen LogP contribution in [-0.2, 0) is 9.13 Å². The second kappa shape index (κ2) is 6.48. The second-order valence-corrected chi connectivity index (χ2v) is 9.15. The molecule has 2 aromatic rings. The quantitative estimate of drug-likeness (QED) is 0.799. The van der Waals surface area contributed by atoms with Crippen molar-refractivity contribution in [3.05, 3.63) is 60.7 Å². The van der Waals surface area contributed by atoms with E-state index in [1.807, 2.05) is 12.1 Å². The molecule has 0 aliphatic heterocycles. The van der Waals surface area contributed by atoms with Gasteiger partial charge in [-0.2, -0.15) is 4.86 Å². The van der Waals surface area contributed by atoms with Crippen molar-refractivity contribution < 1.29 is 18.2 Å². The van der Waals surface area contributed by atoms with E-state index in [-0.39, 0.29) is 0 Å². The Morgan fingerprint density at radius 3 is 1.38 bits per heavy atom. The summed E-state index contributed by atoms with van der Waals surface area (Å²) in [4.78, 5) is 2.50. The molecular weight excluding hydrogens is 308 g/mol. The Kier molecular flexibility index (Phi) is 4.89. The van der Waals surface area contributed by atoms with Crippen LogP contribution in [0.15, 0.2) is 60.7 Å². The predicted octanol–water partition coefficient (Wildman–Crippen LogP) is 4.38. The van der Waals surface area contributed by atoms with Gasteiger partial charge in [0.05, 0.1) is 0 Å². The molecule has 2 aromatic carbocycles. The molecule has 1 N–H and O–H groups in total. The molecule has 21 heavy (non-hydrogen) atoms. The van der Waals surface area contributed by atoms with Crippen LogP contribution in [0.5, 0.6) is 11.5 Å². The maximum atomic E-state index is 12.4. The van der Waals surface area contributed by atoms with E-state index < -0.39 is 15.0 Å². The molecule has 7 heteroatoms. The van der Waals surface area contributed by atoms with Crippen molar-refractivity contribution >= 4 is 15.0 Å². The topological polar surface area (TPSA) is 64.6 Å². The summed E-state index contributed by atoms with van der Waals surface area (Å²) in [6.45, 7) is 2.73. The van der Waals surface area contributed by atoms with Crippen molar-refractivity contribution in [1.29, 1.82) is 0 Å². The molecule has 2 rings (SSSR count). The molecule has 0 aliphatic rings. The first-order valence-corrected chi connectivity index (χ1v) is 10.4. The average Bonchev–Trinajstić information content (AvgIpc) is 2.38. The fourth-order valence-electron chi connectivity index (χ4n) is 1.74. The predicted molar refractivity (Wildman–Crippen MR) is 84.3 cm³/mol. The van der Waals surface area contributed by atoms with E-state index in [2.05, 4.69) is 4.86 Å². The fourth-order valence-corrected chi connectivity index (χ4v) is 5.75. The van der Waals surface area contributed by atoms with Gasteiger partial charge in [-0.25, -0.2) is 0 Å². The van der Waals surface area contributed by atoms with Crippen LogP contribution in [0.4, 0.5) is 0 Å². The standard InChI is InChI=1S/C14H17NO4P2/c1-20(16,18-13-9-5-3-6-10-13)15-21(2,17)19-14-11-7-4-8-12-14/h3-12H,1-2H3,(H,15,16,17)/t20-,21+. The lowest BCUT2D eigenvalue weighted by Gasteiger charge is -2.21. The molecular formula is C14H17NO4P2. The Hall–Kier alpha value is -1.54. The molecule has 2 atom stereocenters. The summed E-state index contributed by atoms with van der Waals surface area (Å²) in [5.41, 5.74) is 0. The number of hydrogen-bond acceptors (Lipinski definition) is 4. The summed E-state index contributed by atoms with van der Waals surface area (Å²) >= 11 is 0. The molecule has 0 unspecified atom stereocenters. The largest absolute Gasteiger partial charge is 0.433 e. The highest BCUT2D eigenvalue weighted by Gasteiger charge is 2.29. The van der Waals surface area contributed by atoms with Crippen molar-refractivity contribution in [2.75, 3.05) is 13.3 Å². The van der Waals surface area contributed by atoms with E-state index in [4.69, 9.17) is 9.05 Å². The molecule has 0 bridgehead atoms. The van der Waals surface area contributed by atoms with Crippen molar-refractivity contribution in [1.82, 2.24) is 4.86 Å². The lowest BCUT2D eigenvalue weighted by atomic mass is 10.3. The van der Waals surface area contributed by atoms with Crippen LogP contribution in [0.2, 0.25) is 0 Å². The highest BCUT2D eigenvalue weighted by atomic mass is 31.2. The summed E-state index contributed by atoms with van der Waals surface area (Å²) in [5, 5.41) is 0. The first kappa shape index (κ1) is 15.8. The molecule has 0 spiro atoms. The summed E-state index contributed by atoms with van der Waals surface area (Å²) in [7, 11) is -6.62. The minimum atomic E-state index is -3.31. The second-order valence-electron chi connectivity index (χ2n) is 4.60. The first-order chi connectivity index (χ1) is 9.86. The van der Waals surface area contributed by atoms with Gasteiger partial charge in [0.1, 0.15) is 11.5 Å². The van der Waals surface area contributed by atoms with Crippen molar-refractivity contribution in [3.8, 4) is 11.5 Å². The van der Waals surface area contributed by atoms with Crippen LogP contribution in [0.3, 0.4) is 0 Å². The molecule has 0 saturated heterocycles. The maximum Gasteiger partial charge on any atom is 0.321 e. The van der Waals surface area contributed by atoms with Crippen LogP contribution in [0, 0.1) is 0 Å². The number of rotatable bonds is 6. The van der Waals surface area contributed by atoms with Gasteiger partial charge in [-0.1, -0.05) is 36.4 Å². The molecule has 0 saturated carbocycles. The van der Waals surface area contributed by atoms with E-state index >= 15 is 0 Å². The third-order valence-electron chi connectivity index (χ3n) is 2.41. The van der Waals surface area contributed by atoms with Crippen molar-refractivity contribution in [2.24, 2.45) is 0 Å². The zero-order chi connectivity index (χ0) is 15.3. The summed E-state index contributed by atoms with van der Waals surface area (Å²) in [5.74, 6) is 0.881. The van der Waals surface area contributed by atoms with Crippen LogP contribution in [0.1, 0.15) is 0 Å². The van der Waals surface area contributed by atoms with Gasteiger partial charge in [-0.15, -0.1) is 0 Å². The highest BCUT2D eigenvalue weighted by molar-refractivity contribution is 7.72. The van der Waals surface area contributed by atoms with Gasteiger partial charge in [0.25, 0.3) is 0 Å². The van der Waals surface area contributed by atoms with E-state index in [9.17, 15) is 9.13 Å². The van der Waals surface area contributed by atoms with Crippen LogP contribution in [-0.4, -0.2) is 13.3 Å². The van der Waals surface area contributed by atoms with Gasteiger partial charge in [0, 0.05) is 13.3 Å². The Morgan fingerprint density at radius 2 is 1.05 bits per heavy atom. The van der Waals surface area contributed by atoms with E-state index in [1.165, 1.54) is 13.3 Å². The van der Waals surface area contributed by atoms with E-state index in [1.54, 1.807) is 48.5 Å². The number of benzene rings is 2. The van der Waals surface area contributed by atoms with Crippen molar-refractivity contribution in [2.45, 2.75) is 0 Å². The number of para-hydroxylation sites is 2. The van der Waals surface area contributed by atoms with E-state index in [0.29, 0.717) is 11.5 Å². The van der Waals surface area contributed by atoms with Crippen LogP contribution >= 0.6 is 15.0 Å². The summed E-state index contributed by atoms with van der Waals surface area (Å²) < 4.78 is 35.5. The minimum absolute atomic E-state index is 0.440. The average molecular weight is 325 g/mol. The lowest BCUT2D eigenvalue weighted by molar-refractivity contribution is 0.462. The Labute approximate surface area is 124 Å². The summed E-state index contributed by atoms with van der Waals surface area (Å²) in [6, 6.07) is 17.4. The lowest BCUT2D eigenvalue weighted by Crippen LogP contribution is -2.13. The Balaban J connectivity index is 2.04. The number of hydrogen-bond donors (Lipinski definition) is 1. The van der Waals surface area contributed by atoms with Gasteiger partial charge in [0.15, 0.2) is 0 Å². The molecule has 112 valence electrons. The monoisotopic (exact) mass is 325 g/mol. The van der Waals surface area contributed by atoms with Crippen molar-refractivity contribution in [3.63, 3.8) is 0 Å². The zero-order valence-electron chi connectivity index (χ0n) is 11.8. The molecule has 0 aliphatic carbocycles. The minimum Gasteiger partial charge on any atom is -0.433 e. The van der Waals surface area contributed by atoms with Crippen LogP contribution < -0.4 is 13.9 Å². The SMILES string of the molecule is C[P@](=O)(N[P@@](C)(=O)Oc1ccccc1)Oc1ccccc1. The van der Waals surface area contributed by atoms with Gasteiger partial charge >= 0.3 is 15.0 Å². The third-order valence-corrected chi connectivity index (χ3v) is 6.43. The van der Waals surface area contributed by atoms with Gasteiger partial charge in [-0.05, 0) is 24.3 Å². The normalized spacial score (nSPS) is 16.5. The smallest absolute Gasteiger partial charge is 0.321 e. The first-order valence-electron chi connectivity index (χ1n) is 6.30. The van der Waals surface area contributed by atoms with E-state index in [0.717, 1.165) is 0 Å². The third kappa shape index (κ3) is 5.39. The summed E-state index contributed by atoms with van der Waals surface area (Å²) in [6.07, 6.45) is 0. The maximum absolute atomic E-state index is 12.4. The molecule has 0 heterocycles. The fraction of sp³-hybridized carbons (Fsp3) is 0.143. The molecule has 5 nitrogen and oxygen atoms in total. The van der Waals surface area contributed by atoms with Gasteiger partial charge in [0.2, 0.25) is 0 Å². The number of nitrogens with one attached hydrogen (secondary N) is 1. The highest BCUT2D eigenvalue weighted by Crippen LogP contribution is 2.52. The van der Waals surface area contributed by atoms with Gasteiger partial charge in [-0.3, -0.25) is 9.13 Å². The van der Waals surface area contributed by atoms with Crippen LogP contribution in [0.25, 0.3) is 0 Å². The molecule has 0 amide bonds. The Bertz CT molecular complexity index is 616. The Morgan fingerprint density at radius 1 is 0.714 bits per heavy atom. The molecule has 0 aromatic heterocycles. The zero-order valence-corrected chi connectivity index (χ0v) is 13.6. The van der Waals surface area contributed by atoms with Gasteiger partial charge < -0.3 is 9.05 Å². The molecule has 0 radical (unpaired) electrons. The molecule has 0 fully saturated rings.